The van der Waals surface area contributed by atoms with Gasteiger partial charge in [-0.05, 0) is 18.2 Å². The van der Waals surface area contributed by atoms with E-state index in [-0.39, 0.29) is 12.4 Å². The molecule has 17 heavy (non-hydrogen) atoms. The fourth-order valence-electron chi connectivity index (χ4n) is 1.55. The highest BCUT2D eigenvalue weighted by Gasteiger charge is 2.04. The van der Waals surface area contributed by atoms with Gasteiger partial charge in [0, 0.05) is 23.0 Å². The Kier molecular flexibility index (Phi) is 3.59. The fraction of sp³-hybridized carbons (Fsp3) is 0.0769. The second-order valence-corrected chi connectivity index (χ2v) is 3.61. The lowest BCUT2D eigenvalue weighted by Crippen LogP contribution is -1.97. The number of phenols is 1. The molecule has 0 saturated carbocycles. The third kappa shape index (κ3) is 2.96. The summed E-state index contributed by atoms with van der Waals surface area (Å²) in [6, 6.07) is 14.4. The Morgan fingerprint density at radius 3 is 2.53 bits per heavy atom. The molecule has 0 atom stereocenters. The van der Waals surface area contributed by atoms with Gasteiger partial charge in [0.25, 0.3) is 0 Å². The van der Waals surface area contributed by atoms with E-state index in [0.717, 1.165) is 11.3 Å². The second kappa shape index (κ2) is 5.34. The van der Waals surface area contributed by atoms with Crippen LogP contribution in [0.3, 0.4) is 0 Å². The van der Waals surface area contributed by atoms with E-state index >= 15 is 0 Å². The molecule has 0 unspecified atom stereocenters. The molecule has 0 amide bonds. The van der Waals surface area contributed by atoms with Gasteiger partial charge in [0.05, 0.1) is 0 Å². The van der Waals surface area contributed by atoms with E-state index in [0.29, 0.717) is 5.69 Å². The van der Waals surface area contributed by atoms with Gasteiger partial charge in [-0.2, -0.15) is 0 Å². The van der Waals surface area contributed by atoms with Gasteiger partial charge in [-0.15, -0.1) is 0 Å². The lowest BCUT2D eigenvalue weighted by Gasteiger charge is -2.11. The van der Waals surface area contributed by atoms with E-state index in [1.807, 2.05) is 30.3 Å². The maximum atomic E-state index is 9.44. The van der Waals surface area contributed by atoms with Crippen LogP contribution >= 0.6 is 0 Å². The molecule has 0 saturated heterocycles. The van der Waals surface area contributed by atoms with Gasteiger partial charge < -0.3 is 10.4 Å². The van der Waals surface area contributed by atoms with Gasteiger partial charge in [0.1, 0.15) is 12.4 Å². The molecule has 2 aromatic rings. The first kappa shape index (κ1) is 11.4. The average Bonchev–Trinajstić information content (AvgIpc) is 2.34. The van der Waals surface area contributed by atoms with Crippen molar-refractivity contribution < 1.29 is 15.3 Å². The van der Waals surface area contributed by atoms with Crippen molar-refractivity contribution in [3.63, 3.8) is 0 Å². The lowest BCUT2D eigenvalue weighted by atomic mass is 10.1. The van der Waals surface area contributed by atoms with Crippen LogP contribution in [0, 0.1) is 0 Å². The molecule has 88 valence electrons. The zero-order chi connectivity index (χ0) is 12.1. The monoisotopic (exact) mass is 231 g/mol. The Morgan fingerprint density at radius 1 is 1.06 bits per heavy atom. The van der Waals surface area contributed by atoms with Crippen LogP contribution in [0.25, 0.3) is 0 Å². The summed E-state index contributed by atoms with van der Waals surface area (Å²) in [7, 11) is 0. The molecule has 0 radical (unpaired) electrons. The lowest BCUT2D eigenvalue weighted by molar-refractivity contribution is -0.252. The van der Waals surface area contributed by atoms with E-state index in [2.05, 4.69) is 10.2 Å². The molecule has 0 aliphatic carbocycles. The number of anilines is 2. The van der Waals surface area contributed by atoms with Gasteiger partial charge in [-0.3, -0.25) is 5.26 Å². The van der Waals surface area contributed by atoms with Gasteiger partial charge in [0.15, 0.2) is 0 Å². The number of phenolic OH excluding ortho intramolecular Hbond substituents is 1. The summed E-state index contributed by atoms with van der Waals surface area (Å²) in [4.78, 5) is 4.12. The maximum absolute atomic E-state index is 9.44. The Morgan fingerprint density at radius 2 is 1.82 bits per heavy atom. The topological polar surface area (TPSA) is 61.7 Å². The average molecular weight is 231 g/mol. The van der Waals surface area contributed by atoms with Crippen LogP contribution in [0.5, 0.6) is 5.75 Å². The summed E-state index contributed by atoms with van der Waals surface area (Å²) in [5, 5.41) is 21.1. The van der Waals surface area contributed by atoms with Crippen molar-refractivity contribution in [2.75, 3.05) is 5.32 Å². The smallest absolute Gasteiger partial charge is 0.117 e. The molecule has 0 aliphatic heterocycles. The molecule has 0 aliphatic rings. The van der Waals surface area contributed by atoms with Crippen LogP contribution in [0.2, 0.25) is 0 Å². The minimum absolute atomic E-state index is 0.0649. The molecular formula is C13H13NO3. The van der Waals surface area contributed by atoms with Crippen LogP contribution in [-0.2, 0) is 11.5 Å². The zero-order valence-corrected chi connectivity index (χ0v) is 9.13. The second-order valence-electron chi connectivity index (χ2n) is 3.61. The number of hydrogen-bond acceptors (Lipinski definition) is 4. The third-order valence-electron chi connectivity index (χ3n) is 2.37. The van der Waals surface area contributed by atoms with Crippen LogP contribution in [0.15, 0.2) is 48.5 Å². The highest BCUT2D eigenvalue weighted by atomic mass is 17.1. The van der Waals surface area contributed by atoms with Gasteiger partial charge >= 0.3 is 0 Å². The highest BCUT2D eigenvalue weighted by molar-refractivity contribution is 5.64. The molecule has 3 N–H and O–H groups in total. The van der Waals surface area contributed by atoms with Crippen molar-refractivity contribution in [1.29, 1.82) is 0 Å². The normalized spacial score (nSPS) is 10.2. The molecule has 0 bridgehead atoms. The first-order valence-corrected chi connectivity index (χ1v) is 5.20. The van der Waals surface area contributed by atoms with Crippen LogP contribution in [0.4, 0.5) is 11.4 Å². The number of hydrogen-bond donors (Lipinski definition) is 3. The predicted octanol–water partition coefficient (Wildman–Crippen LogP) is 3.13. The molecule has 2 aromatic carbocycles. The number of aromatic hydroxyl groups is 1. The van der Waals surface area contributed by atoms with Crippen LogP contribution in [0.1, 0.15) is 5.56 Å². The quantitative estimate of drug-likeness (QED) is 0.559. The minimum atomic E-state index is 0.0649. The van der Waals surface area contributed by atoms with Crippen molar-refractivity contribution in [3.8, 4) is 5.75 Å². The number of benzene rings is 2. The number of nitrogens with one attached hydrogen (secondary N) is 1. The Balaban J connectivity index is 2.27. The molecule has 0 spiro atoms. The van der Waals surface area contributed by atoms with Crippen LogP contribution in [-0.4, -0.2) is 10.4 Å². The molecule has 0 aromatic heterocycles. The van der Waals surface area contributed by atoms with Crippen molar-refractivity contribution in [1.82, 2.24) is 0 Å². The Hall–Kier alpha value is -2.04. The summed E-state index contributed by atoms with van der Waals surface area (Å²) in [6.45, 7) is 0.0649. The summed E-state index contributed by atoms with van der Waals surface area (Å²) in [5.74, 6) is 0.158. The van der Waals surface area contributed by atoms with Crippen molar-refractivity contribution in [3.05, 3.63) is 54.1 Å². The Labute approximate surface area is 99.0 Å². The number of rotatable bonds is 4. The van der Waals surface area contributed by atoms with Crippen molar-refractivity contribution in [2.45, 2.75) is 6.61 Å². The molecule has 4 nitrogen and oxygen atoms in total. The first-order chi connectivity index (χ1) is 8.29. The summed E-state index contributed by atoms with van der Waals surface area (Å²) in [5.41, 5.74) is 2.36. The largest absolute Gasteiger partial charge is 0.508 e. The molecule has 0 fully saturated rings. The zero-order valence-electron chi connectivity index (χ0n) is 9.13. The predicted molar refractivity (Wildman–Crippen MR) is 65.2 cm³/mol. The number of para-hydroxylation sites is 1. The van der Waals surface area contributed by atoms with E-state index < -0.39 is 0 Å². The Bertz CT molecular complexity index is 485. The van der Waals surface area contributed by atoms with E-state index in [4.69, 9.17) is 5.26 Å². The minimum Gasteiger partial charge on any atom is -0.508 e. The van der Waals surface area contributed by atoms with E-state index in [1.165, 1.54) is 0 Å². The van der Waals surface area contributed by atoms with Gasteiger partial charge in [-0.1, -0.05) is 24.3 Å². The molecule has 4 heteroatoms. The van der Waals surface area contributed by atoms with Crippen LogP contribution < -0.4 is 5.32 Å². The first-order valence-electron chi connectivity index (χ1n) is 5.20. The fourth-order valence-corrected chi connectivity index (χ4v) is 1.55. The van der Waals surface area contributed by atoms with Gasteiger partial charge in [-0.25, -0.2) is 4.89 Å². The van der Waals surface area contributed by atoms with Crippen molar-refractivity contribution >= 4 is 11.4 Å². The van der Waals surface area contributed by atoms with Crippen molar-refractivity contribution in [2.24, 2.45) is 0 Å². The maximum Gasteiger partial charge on any atom is 0.117 e. The molecule has 0 heterocycles. The summed E-state index contributed by atoms with van der Waals surface area (Å²) in [6.07, 6.45) is 0. The van der Waals surface area contributed by atoms with E-state index in [9.17, 15) is 5.11 Å². The summed E-state index contributed by atoms with van der Waals surface area (Å²) < 4.78 is 0. The van der Waals surface area contributed by atoms with E-state index in [1.54, 1.807) is 18.2 Å². The third-order valence-corrected chi connectivity index (χ3v) is 2.37. The highest BCUT2D eigenvalue weighted by Crippen LogP contribution is 2.25. The molecule has 2 rings (SSSR count). The SMILES string of the molecule is OOCc1ccc(O)cc1Nc1ccccc1. The summed E-state index contributed by atoms with van der Waals surface area (Å²) >= 11 is 0. The standard InChI is InChI=1S/C13H13NO3/c15-12-7-6-10(9-17-16)13(8-12)14-11-4-2-1-3-5-11/h1-8,14-16H,9H2. The van der Waals surface area contributed by atoms with Gasteiger partial charge in [0.2, 0.25) is 0 Å². The molecular weight excluding hydrogens is 218 g/mol.